The first-order valence-corrected chi connectivity index (χ1v) is 11.0. The number of likely N-dealkylation sites (N-methyl/N-ethyl adjacent to an activating group) is 1. The van der Waals surface area contributed by atoms with E-state index in [-0.39, 0.29) is 17.6 Å². The first-order valence-electron chi connectivity index (χ1n) is 11.0. The number of fused-ring (bicyclic) bond motifs is 1. The summed E-state index contributed by atoms with van der Waals surface area (Å²) in [6.45, 7) is 1.71. The van der Waals surface area contributed by atoms with Gasteiger partial charge in [0.2, 0.25) is 5.91 Å². The number of nitriles is 1. The van der Waals surface area contributed by atoms with Gasteiger partial charge in [0, 0.05) is 36.2 Å². The minimum absolute atomic E-state index is 0.0831. The number of nitrogens with zero attached hydrogens (tertiary/aromatic N) is 4. The number of halogens is 1. The molecule has 10 heteroatoms. The van der Waals surface area contributed by atoms with E-state index in [1.807, 2.05) is 25.1 Å². The van der Waals surface area contributed by atoms with E-state index in [1.165, 1.54) is 30.6 Å². The Balaban J connectivity index is 1.69. The van der Waals surface area contributed by atoms with Crippen molar-refractivity contribution in [3.05, 3.63) is 60.2 Å². The van der Waals surface area contributed by atoms with Crippen LogP contribution in [0, 0.1) is 17.1 Å². The van der Waals surface area contributed by atoms with Crippen molar-refractivity contribution >= 4 is 34.0 Å². The molecule has 0 saturated carbocycles. The number of carbonyl (C=O) groups is 1. The number of anilines is 3. The summed E-state index contributed by atoms with van der Waals surface area (Å²) >= 11 is 0. The number of amides is 1. The van der Waals surface area contributed by atoms with Gasteiger partial charge in [-0.15, -0.1) is 0 Å². The highest BCUT2D eigenvalue weighted by Gasteiger charge is 2.21. The van der Waals surface area contributed by atoms with E-state index < -0.39 is 5.82 Å². The maximum atomic E-state index is 13.7. The molecule has 1 amide bonds. The predicted molar refractivity (Wildman–Crippen MR) is 130 cm³/mol. The lowest BCUT2D eigenvalue weighted by Gasteiger charge is -2.17. The van der Waals surface area contributed by atoms with E-state index in [0.29, 0.717) is 53.6 Å². The molecule has 1 aromatic heterocycles. The Morgan fingerprint density at radius 2 is 2.20 bits per heavy atom. The van der Waals surface area contributed by atoms with E-state index in [1.54, 1.807) is 18.2 Å². The quantitative estimate of drug-likeness (QED) is 0.474. The average molecular weight is 477 g/mol. The van der Waals surface area contributed by atoms with Gasteiger partial charge >= 0.3 is 0 Å². The number of benzene rings is 2. The van der Waals surface area contributed by atoms with Crippen LogP contribution in [-0.4, -0.2) is 60.7 Å². The molecule has 0 bridgehead atoms. The highest BCUT2D eigenvalue weighted by molar-refractivity contribution is 6.03. The van der Waals surface area contributed by atoms with Crippen LogP contribution in [0.3, 0.4) is 0 Å². The van der Waals surface area contributed by atoms with Crippen LogP contribution in [0.25, 0.3) is 10.9 Å². The lowest BCUT2D eigenvalue weighted by molar-refractivity contribution is -0.111. The number of nitrogens with one attached hydrogen (secondary N) is 2. The molecule has 2 heterocycles. The topological polar surface area (TPSA) is 112 Å². The summed E-state index contributed by atoms with van der Waals surface area (Å²) in [4.78, 5) is 23.2. The molecule has 1 atom stereocenters. The van der Waals surface area contributed by atoms with Crippen molar-refractivity contribution in [2.24, 2.45) is 0 Å². The second-order valence-corrected chi connectivity index (χ2v) is 8.28. The van der Waals surface area contributed by atoms with Crippen LogP contribution in [0.1, 0.15) is 12.0 Å². The molecule has 3 aromatic rings. The fraction of sp³-hybridized carbons (Fsp3) is 0.280. The molecular weight excluding hydrogens is 451 g/mol. The van der Waals surface area contributed by atoms with Crippen molar-refractivity contribution in [2.45, 2.75) is 12.5 Å². The second-order valence-electron chi connectivity index (χ2n) is 8.28. The van der Waals surface area contributed by atoms with Gasteiger partial charge in [-0.05, 0) is 38.4 Å². The number of hydrogen-bond donors (Lipinski definition) is 2. The largest absolute Gasteiger partial charge is 0.486 e. The molecule has 1 aliphatic rings. The first kappa shape index (κ1) is 24.1. The van der Waals surface area contributed by atoms with Gasteiger partial charge in [0.25, 0.3) is 0 Å². The molecule has 9 nitrogen and oxygen atoms in total. The molecule has 1 fully saturated rings. The third-order valence-electron chi connectivity index (χ3n) is 5.27. The van der Waals surface area contributed by atoms with Gasteiger partial charge in [-0.3, -0.25) is 4.79 Å². The molecule has 0 aliphatic carbocycles. The third kappa shape index (κ3) is 6.09. The second kappa shape index (κ2) is 10.9. The minimum atomic E-state index is -0.601. The molecule has 180 valence electrons. The number of hydrogen-bond acceptors (Lipinski definition) is 8. The van der Waals surface area contributed by atoms with E-state index in [0.717, 1.165) is 6.42 Å². The number of aromatic nitrogens is 2. The van der Waals surface area contributed by atoms with Crippen LogP contribution >= 0.6 is 0 Å². The SMILES string of the molecule is CN(C)C/C=C/C(=O)Nc1cc2c(Nc3ccc(F)c(C#N)c3)ncnc2cc1O[C@@H]1CCOC1. The summed E-state index contributed by atoms with van der Waals surface area (Å²) in [5.74, 6) is -0.00155. The van der Waals surface area contributed by atoms with Crippen LogP contribution in [0.2, 0.25) is 0 Å². The molecule has 4 rings (SSSR count). The Kier molecular flexibility index (Phi) is 7.50. The van der Waals surface area contributed by atoms with Crippen LogP contribution < -0.4 is 15.4 Å². The van der Waals surface area contributed by atoms with Gasteiger partial charge in [0.15, 0.2) is 0 Å². The van der Waals surface area contributed by atoms with Crippen molar-refractivity contribution in [1.29, 1.82) is 5.26 Å². The lowest BCUT2D eigenvalue weighted by Crippen LogP contribution is -2.18. The van der Waals surface area contributed by atoms with Crippen LogP contribution in [0.4, 0.5) is 21.6 Å². The van der Waals surface area contributed by atoms with Gasteiger partial charge < -0.3 is 25.0 Å². The van der Waals surface area contributed by atoms with Crippen molar-refractivity contribution < 1.29 is 18.7 Å². The standard InChI is InChI=1S/C25H25FN6O3/c1-32(2)8-3-4-24(33)31-22-11-19-21(12-23(22)35-18-7-9-34-14-18)28-15-29-25(19)30-17-5-6-20(26)16(10-17)13-27/h3-6,10-12,15,18H,7-9,14H2,1-2H3,(H,31,33)(H,28,29,30)/b4-3+/t18-/m1/s1. The summed E-state index contributed by atoms with van der Waals surface area (Å²) in [6.07, 6.45) is 5.24. The number of rotatable bonds is 8. The Morgan fingerprint density at radius 3 is 2.94 bits per heavy atom. The number of ether oxygens (including phenoxy) is 2. The number of carbonyl (C=O) groups excluding carboxylic acids is 1. The van der Waals surface area contributed by atoms with Crippen molar-refractivity contribution in [3.63, 3.8) is 0 Å². The monoisotopic (exact) mass is 476 g/mol. The third-order valence-corrected chi connectivity index (χ3v) is 5.27. The zero-order valence-corrected chi connectivity index (χ0v) is 19.4. The summed E-state index contributed by atoms with van der Waals surface area (Å²) in [5.41, 5.74) is 1.45. The Hall–Kier alpha value is -4.07. The zero-order valence-electron chi connectivity index (χ0n) is 19.4. The smallest absolute Gasteiger partial charge is 0.248 e. The van der Waals surface area contributed by atoms with Gasteiger partial charge in [-0.1, -0.05) is 6.08 Å². The summed E-state index contributed by atoms with van der Waals surface area (Å²) in [5, 5.41) is 15.7. The molecule has 0 spiro atoms. The Labute approximate surface area is 202 Å². The maximum Gasteiger partial charge on any atom is 0.248 e. The van der Waals surface area contributed by atoms with Crippen LogP contribution in [-0.2, 0) is 9.53 Å². The van der Waals surface area contributed by atoms with Crippen LogP contribution in [0.15, 0.2) is 48.8 Å². The van der Waals surface area contributed by atoms with E-state index in [9.17, 15) is 9.18 Å². The molecule has 0 unspecified atom stereocenters. The van der Waals surface area contributed by atoms with Crippen LogP contribution in [0.5, 0.6) is 5.75 Å². The molecule has 2 aromatic carbocycles. The lowest BCUT2D eigenvalue weighted by atomic mass is 10.1. The molecule has 1 saturated heterocycles. The van der Waals surface area contributed by atoms with Gasteiger partial charge in [0.1, 0.15) is 35.9 Å². The summed E-state index contributed by atoms with van der Waals surface area (Å²) < 4.78 is 25.3. The molecule has 0 radical (unpaired) electrons. The Morgan fingerprint density at radius 1 is 1.34 bits per heavy atom. The zero-order chi connectivity index (χ0) is 24.8. The Bertz CT molecular complexity index is 1300. The van der Waals surface area contributed by atoms with Crippen molar-refractivity contribution in [1.82, 2.24) is 14.9 Å². The fourth-order valence-corrected chi connectivity index (χ4v) is 3.53. The highest BCUT2D eigenvalue weighted by Crippen LogP contribution is 2.34. The summed E-state index contributed by atoms with van der Waals surface area (Å²) in [6, 6.07) is 9.43. The predicted octanol–water partition coefficient (Wildman–Crippen LogP) is 3.61. The van der Waals surface area contributed by atoms with Gasteiger partial charge in [-0.25, -0.2) is 14.4 Å². The fourth-order valence-electron chi connectivity index (χ4n) is 3.53. The summed E-state index contributed by atoms with van der Waals surface area (Å²) in [7, 11) is 3.83. The minimum Gasteiger partial charge on any atom is -0.486 e. The normalized spacial score (nSPS) is 15.5. The molecular formula is C25H25FN6O3. The van der Waals surface area contributed by atoms with E-state index in [4.69, 9.17) is 14.7 Å². The van der Waals surface area contributed by atoms with Gasteiger partial charge in [-0.2, -0.15) is 5.26 Å². The molecule has 1 aliphatic heterocycles. The van der Waals surface area contributed by atoms with E-state index in [2.05, 4.69) is 20.6 Å². The maximum absolute atomic E-state index is 13.7. The van der Waals surface area contributed by atoms with Crippen molar-refractivity contribution in [2.75, 3.05) is 44.5 Å². The highest BCUT2D eigenvalue weighted by atomic mass is 19.1. The molecule has 35 heavy (non-hydrogen) atoms. The first-order chi connectivity index (χ1) is 16.9. The molecule has 2 N–H and O–H groups in total. The average Bonchev–Trinajstić information content (AvgIpc) is 3.34. The van der Waals surface area contributed by atoms with Gasteiger partial charge in [0.05, 0.1) is 30.0 Å². The van der Waals surface area contributed by atoms with E-state index >= 15 is 0 Å². The van der Waals surface area contributed by atoms with Crippen molar-refractivity contribution in [3.8, 4) is 11.8 Å².